The van der Waals surface area contributed by atoms with E-state index in [2.05, 4.69) is 27.7 Å². The van der Waals surface area contributed by atoms with Crippen molar-refractivity contribution in [2.45, 2.75) is 103 Å². The maximum Gasteiger partial charge on any atom is 0.256 e. The van der Waals surface area contributed by atoms with Crippen LogP contribution in [0.1, 0.15) is 86.0 Å². The van der Waals surface area contributed by atoms with Gasteiger partial charge in [-0.2, -0.15) is 0 Å². The highest BCUT2D eigenvalue weighted by molar-refractivity contribution is 5.29. The van der Waals surface area contributed by atoms with Crippen molar-refractivity contribution in [1.29, 1.82) is 0 Å². The number of allylic oxidation sites excluding steroid dienone is 3. The van der Waals surface area contributed by atoms with Crippen LogP contribution in [0.25, 0.3) is 0 Å². The molecule has 7 heteroatoms. The lowest BCUT2D eigenvalue weighted by atomic mass is 10.00. The summed E-state index contributed by atoms with van der Waals surface area (Å²) in [7, 11) is 0. The van der Waals surface area contributed by atoms with E-state index in [-0.39, 0.29) is 16.1 Å². The molecule has 0 spiro atoms. The van der Waals surface area contributed by atoms with Crippen molar-refractivity contribution in [3.8, 4) is 5.75 Å². The number of hydrogen-bond donors (Lipinski definition) is 0. The maximum absolute atomic E-state index is 11.2. The molecule has 1 aliphatic carbocycles. The molecule has 0 bridgehead atoms. The highest BCUT2D eigenvalue weighted by atomic mass is 16.6. The van der Waals surface area contributed by atoms with Crippen molar-refractivity contribution in [2.75, 3.05) is 26.4 Å². The molecule has 0 N–H and O–H groups in total. The fourth-order valence-corrected chi connectivity index (χ4v) is 4.17. The molecule has 0 fully saturated rings. The smallest absolute Gasteiger partial charge is 0.256 e. The third kappa shape index (κ3) is 13.8. The van der Waals surface area contributed by atoms with E-state index in [1.54, 1.807) is 37.3 Å². The first-order chi connectivity index (χ1) is 18.5. The standard InChI is InChI=1S/C32H49NO6/c1-30(2,20-9-11-24-36-28-16-7-6-8-17-28)38-26-12-10-21-31(3,4)39-27-14-13-25-37-29-18-15-22-32(5,23-19-29)33(34)35/h6-8,15-19,22-23H,9-14,20-21,24-27H2,1-5H3. The predicted octanol–water partition coefficient (Wildman–Crippen LogP) is 7.84. The zero-order valence-corrected chi connectivity index (χ0v) is 24.7. The first kappa shape index (κ1) is 32.6. The Kier molecular flexibility index (Phi) is 13.7. The topological polar surface area (TPSA) is 80.1 Å². The minimum Gasteiger partial charge on any atom is -0.494 e. The van der Waals surface area contributed by atoms with Crippen LogP contribution < -0.4 is 4.74 Å². The van der Waals surface area contributed by atoms with Gasteiger partial charge in [0.05, 0.1) is 24.4 Å². The molecule has 218 valence electrons. The third-order valence-electron chi connectivity index (χ3n) is 6.82. The first-order valence-electron chi connectivity index (χ1n) is 14.3. The number of para-hydroxylation sites is 1. The molecule has 1 aromatic rings. The van der Waals surface area contributed by atoms with Crippen LogP contribution in [0.5, 0.6) is 5.75 Å². The molecule has 1 unspecified atom stereocenters. The molecule has 39 heavy (non-hydrogen) atoms. The number of hydrogen-bond acceptors (Lipinski definition) is 6. The minimum atomic E-state index is -1.19. The monoisotopic (exact) mass is 543 g/mol. The summed E-state index contributed by atoms with van der Waals surface area (Å²) in [5.41, 5.74) is -1.48. The van der Waals surface area contributed by atoms with E-state index in [0.29, 0.717) is 19.0 Å². The zero-order chi connectivity index (χ0) is 28.6. The molecule has 0 saturated heterocycles. The Hall–Kier alpha value is -2.64. The first-order valence-corrected chi connectivity index (χ1v) is 14.3. The van der Waals surface area contributed by atoms with Gasteiger partial charge in [0.15, 0.2) is 0 Å². The van der Waals surface area contributed by atoms with Crippen LogP contribution in [0, 0.1) is 10.1 Å². The van der Waals surface area contributed by atoms with Gasteiger partial charge in [0.25, 0.3) is 5.54 Å². The Balaban J connectivity index is 1.48. The van der Waals surface area contributed by atoms with Gasteiger partial charge in [-0.25, -0.2) is 0 Å². The van der Waals surface area contributed by atoms with E-state index in [1.165, 1.54) is 0 Å². The molecule has 1 aliphatic rings. The van der Waals surface area contributed by atoms with Crippen molar-refractivity contribution in [1.82, 2.24) is 0 Å². The minimum absolute atomic E-state index is 0.119. The SMILES string of the molecule is CC(C)(CCCCOc1ccccc1)OCCCCC(C)(C)OCCCCOC1=CC=CC(C)([N+](=O)[O-])C=C1. The van der Waals surface area contributed by atoms with E-state index < -0.39 is 5.54 Å². The molecule has 0 saturated carbocycles. The van der Waals surface area contributed by atoms with E-state index in [1.807, 2.05) is 30.3 Å². The summed E-state index contributed by atoms with van der Waals surface area (Å²) in [4.78, 5) is 10.9. The Labute approximate surface area is 235 Å². The average molecular weight is 544 g/mol. The molecule has 2 rings (SSSR count). The maximum atomic E-state index is 11.2. The quantitative estimate of drug-likeness (QED) is 0.0947. The highest BCUT2D eigenvalue weighted by Gasteiger charge is 2.31. The summed E-state index contributed by atoms with van der Waals surface area (Å²) in [6.45, 7) is 12.9. The number of rotatable bonds is 20. The molecule has 0 aromatic heterocycles. The van der Waals surface area contributed by atoms with Gasteiger partial charge in [-0.05, 0) is 115 Å². The molecule has 0 radical (unpaired) electrons. The summed E-state index contributed by atoms with van der Waals surface area (Å²) in [6.07, 6.45) is 16.2. The van der Waals surface area contributed by atoms with Crippen LogP contribution in [0.4, 0.5) is 0 Å². The summed E-state index contributed by atoms with van der Waals surface area (Å²) < 4.78 is 23.8. The van der Waals surface area contributed by atoms with Crippen molar-refractivity contribution in [3.63, 3.8) is 0 Å². The number of benzene rings is 1. The van der Waals surface area contributed by atoms with Gasteiger partial charge in [-0.3, -0.25) is 10.1 Å². The van der Waals surface area contributed by atoms with Crippen molar-refractivity contribution in [2.24, 2.45) is 0 Å². The molecular weight excluding hydrogens is 494 g/mol. The van der Waals surface area contributed by atoms with Gasteiger partial charge in [-0.1, -0.05) is 24.3 Å². The summed E-state index contributed by atoms with van der Waals surface area (Å²) in [5, 5.41) is 11.2. The van der Waals surface area contributed by atoms with Gasteiger partial charge >= 0.3 is 0 Å². The van der Waals surface area contributed by atoms with Crippen molar-refractivity contribution in [3.05, 3.63) is 76.6 Å². The number of nitrogens with zero attached hydrogens (tertiary/aromatic N) is 1. The largest absolute Gasteiger partial charge is 0.494 e. The summed E-state index contributed by atoms with van der Waals surface area (Å²) >= 11 is 0. The van der Waals surface area contributed by atoms with Gasteiger partial charge in [0, 0.05) is 25.1 Å². The number of nitro groups is 1. The molecule has 1 atom stereocenters. The molecule has 7 nitrogen and oxygen atoms in total. The molecule has 1 aromatic carbocycles. The van der Waals surface area contributed by atoms with Crippen LogP contribution >= 0.6 is 0 Å². The normalized spacial score (nSPS) is 17.5. The third-order valence-corrected chi connectivity index (χ3v) is 6.82. The summed E-state index contributed by atoms with van der Waals surface area (Å²) in [6, 6.07) is 9.95. The Morgan fingerprint density at radius 2 is 1.31 bits per heavy atom. The van der Waals surface area contributed by atoms with Gasteiger partial charge in [0.1, 0.15) is 11.5 Å². The van der Waals surface area contributed by atoms with Crippen LogP contribution in [0.15, 0.2) is 66.5 Å². The van der Waals surface area contributed by atoms with E-state index in [9.17, 15) is 10.1 Å². The Bertz CT molecular complexity index is 937. The lowest BCUT2D eigenvalue weighted by Gasteiger charge is -2.27. The van der Waals surface area contributed by atoms with Crippen LogP contribution in [-0.2, 0) is 14.2 Å². The van der Waals surface area contributed by atoms with E-state index >= 15 is 0 Å². The fourth-order valence-electron chi connectivity index (χ4n) is 4.17. The van der Waals surface area contributed by atoms with Gasteiger partial charge in [-0.15, -0.1) is 0 Å². The van der Waals surface area contributed by atoms with Crippen LogP contribution in [-0.4, -0.2) is 48.1 Å². The lowest BCUT2D eigenvalue weighted by molar-refractivity contribution is -0.535. The van der Waals surface area contributed by atoms with Gasteiger partial charge < -0.3 is 18.9 Å². The predicted molar refractivity (Wildman–Crippen MR) is 157 cm³/mol. The fraction of sp³-hybridized carbons (Fsp3) is 0.625. The second-order valence-corrected chi connectivity index (χ2v) is 11.6. The average Bonchev–Trinajstić information content (AvgIpc) is 3.08. The van der Waals surface area contributed by atoms with Crippen LogP contribution in [0.3, 0.4) is 0 Å². The molecule has 0 amide bonds. The zero-order valence-electron chi connectivity index (χ0n) is 24.7. The molecule has 0 aliphatic heterocycles. The Morgan fingerprint density at radius 1 is 0.769 bits per heavy atom. The van der Waals surface area contributed by atoms with Crippen molar-refractivity contribution >= 4 is 0 Å². The van der Waals surface area contributed by atoms with Crippen molar-refractivity contribution < 1.29 is 23.9 Å². The molecular formula is C32H49NO6. The lowest BCUT2D eigenvalue weighted by Crippen LogP contribution is -2.29. The van der Waals surface area contributed by atoms with Gasteiger partial charge in [0.2, 0.25) is 0 Å². The molecule has 0 heterocycles. The number of unbranched alkanes of at least 4 members (excludes halogenated alkanes) is 3. The number of ether oxygens (including phenoxy) is 4. The highest BCUT2D eigenvalue weighted by Crippen LogP contribution is 2.22. The van der Waals surface area contributed by atoms with E-state index in [4.69, 9.17) is 18.9 Å². The van der Waals surface area contributed by atoms with E-state index in [0.717, 1.165) is 70.3 Å². The van der Waals surface area contributed by atoms with Crippen LogP contribution in [0.2, 0.25) is 0 Å². The Morgan fingerprint density at radius 3 is 1.92 bits per heavy atom. The second-order valence-electron chi connectivity index (χ2n) is 11.6. The second kappa shape index (κ2) is 16.5. The summed E-state index contributed by atoms with van der Waals surface area (Å²) in [5.74, 6) is 1.57.